The van der Waals surface area contributed by atoms with Gasteiger partial charge in [0.1, 0.15) is 18.1 Å². The molecular formula is C25H33N3O3. The number of rotatable bonds is 6. The molecule has 0 atom stereocenters. The molecule has 2 aliphatic heterocycles. The molecule has 0 bridgehead atoms. The molecule has 0 radical (unpaired) electrons. The van der Waals surface area contributed by atoms with E-state index in [1.165, 1.54) is 16.7 Å². The predicted molar refractivity (Wildman–Crippen MR) is 121 cm³/mol. The highest BCUT2D eigenvalue weighted by atomic mass is 16.5. The van der Waals surface area contributed by atoms with Gasteiger partial charge >= 0.3 is 0 Å². The summed E-state index contributed by atoms with van der Waals surface area (Å²) in [5, 5.41) is 0. The van der Waals surface area contributed by atoms with Crippen molar-refractivity contribution < 1.29 is 14.3 Å². The fraction of sp³-hybridized carbons (Fsp3) is 0.480. The van der Waals surface area contributed by atoms with E-state index in [1.807, 2.05) is 24.0 Å². The van der Waals surface area contributed by atoms with Gasteiger partial charge in [-0.3, -0.25) is 14.6 Å². The third-order valence-corrected chi connectivity index (χ3v) is 6.05. The summed E-state index contributed by atoms with van der Waals surface area (Å²) >= 11 is 0. The zero-order valence-electron chi connectivity index (χ0n) is 18.7. The highest BCUT2D eigenvalue weighted by molar-refractivity contribution is 5.73. The Labute approximate surface area is 185 Å². The number of carbonyl (C=O) groups is 1. The fourth-order valence-corrected chi connectivity index (χ4v) is 4.33. The zero-order chi connectivity index (χ0) is 21.6. The van der Waals surface area contributed by atoms with Gasteiger partial charge in [0, 0.05) is 64.8 Å². The van der Waals surface area contributed by atoms with Crippen LogP contribution in [0.1, 0.15) is 30.5 Å². The minimum atomic E-state index is 0.175. The largest absolute Gasteiger partial charge is 0.494 e. The lowest BCUT2D eigenvalue weighted by Gasteiger charge is -2.34. The summed E-state index contributed by atoms with van der Waals surface area (Å²) in [5.41, 5.74) is 3.84. The third-order valence-electron chi connectivity index (χ3n) is 6.05. The second kappa shape index (κ2) is 10.2. The molecule has 0 N–H and O–H groups in total. The lowest BCUT2D eigenvalue weighted by molar-refractivity contribution is -0.130. The minimum absolute atomic E-state index is 0.175. The first-order valence-electron chi connectivity index (χ1n) is 11.3. The van der Waals surface area contributed by atoms with Gasteiger partial charge in [-0.25, -0.2) is 0 Å². The standard InChI is InChI=1S/C25H33N3O3/c1-3-30-24-7-4-21(5-8-24)17-27-14-15-31-25-9-6-22(16-23(25)19-27)18-26-10-12-28(13-11-26)20(2)29/h4-9,16H,3,10-15,17-19H2,1-2H3. The summed E-state index contributed by atoms with van der Waals surface area (Å²) in [6, 6.07) is 15.0. The third kappa shape index (κ3) is 5.77. The summed E-state index contributed by atoms with van der Waals surface area (Å²) in [5.74, 6) is 2.10. The van der Waals surface area contributed by atoms with Gasteiger partial charge in [-0.15, -0.1) is 0 Å². The van der Waals surface area contributed by atoms with Gasteiger partial charge in [-0.2, -0.15) is 0 Å². The van der Waals surface area contributed by atoms with Crippen molar-refractivity contribution in [3.05, 3.63) is 59.2 Å². The number of piperazine rings is 1. The van der Waals surface area contributed by atoms with Gasteiger partial charge in [0.05, 0.1) is 6.61 Å². The smallest absolute Gasteiger partial charge is 0.219 e. The highest BCUT2D eigenvalue weighted by Crippen LogP contribution is 2.26. The lowest BCUT2D eigenvalue weighted by Crippen LogP contribution is -2.47. The molecule has 0 unspecified atom stereocenters. The van der Waals surface area contributed by atoms with Crippen LogP contribution in [0.4, 0.5) is 0 Å². The van der Waals surface area contributed by atoms with Crippen LogP contribution < -0.4 is 9.47 Å². The van der Waals surface area contributed by atoms with Gasteiger partial charge in [-0.1, -0.05) is 18.2 Å². The molecule has 2 aliphatic rings. The Bertz CT molecular complexity index is 876. The number of nitrogens with zero attached hydrogens (tertiary/aromatic N) is 3. The predicted octanol–water partition coefficient (Wildman–Crippen LogP) is 3.14. The first-order chi connectivity index (χ1) is 15.1. The number of fused-ring (bicyclic) bond motifs is 1. The van der Waals surface area contributed by atoms with Crippen LogP contribution in [0.5, 0.6) is 11.5 Å². The van der Waals surface area contributed by atoms with E-state index in [9.17, 15) is 4.79 Å². The van der Waals surface area contributed by atoms with E-state index >= 15 is 0 Å². The van der Waals surface area contributed by atoms with Gasteiger partial charge in [0.15, 0.2) is 0 Å². The Morgan fingerprint density at radius 1 is 0.935 bits per heavy atom. The Kier molecular flexibility index (Phi) is 7.10. The molecular weight excluding hydrogens is 390 g/mol. The topological polar surface area (TPSA) is 45.3 Å². The van der Waals surface area contributed by atoms with Crippen LogP contribution >= 0.6 is 0 Å². The quantitative estimate of drug-likeness (QED) is 0.714. The maximum Gasteiger partial charge on any atom is 0.219 e. The van der Waals surface area contributed by atoms with Crippen LogP contribution in [0.25, 0.3) is 0 Å². The molecule has 4 rings (SSSR count). The Hall–Kier alpha value is -2.57. The van der Waals surface area contributed by atoms with E-state index in [-0.39, 0.29) is 5.91 Å². The molecule has 0 aliphatic carbocycles. The number of amides is 1. The van der Waals surface area contributed by atoms with Crippen molar-refractivity contribution in [1.82, 2.24) is 14.7 Å². The minimum Gasteiger partial charge on any atom is -0.494 e. The number of hydrogen-bond acceptors (Lipinski definition) is 5. The van der Waals surface area contributed by atoms with Crippen molar-refractivity contribution in [2.45, 2.75) is 33.5 Å². The molecule has 1 saturated heterocycles. The Morgan fingerprint density at radius 2 is 1.65 bits per heavy atom. The van der Waals surface area contributed by atoms with E-state index in [0.29, 0.717) is 13.2 Å². The fourth-order valence-electron chi connectivity index (χ4n) is 4.33. The summed E-state index contributed by atoms with van der Waals surface area (Å²) in [7, 11) is 0. The van der Waals surface area contributed by atoms with Crippen molar-refractivity contribution in [3.8, 4) is 11.5 Å². The van der Waals surface area contributed by atoms with Crippen molar-refractivity contribution in [2.24, 2.45) is 0 Å². The number of hydrogen-bond donors (Lipinski definition) is 0. The van der Waals surface area contributed by atoms with Gasteiger partial charge in [0.25, 0.3) is 0 Å². The van der Waals surface area contributed by atoms with Gasteiger partial charge in [-0.05, 0) is 42.3 Å². The molecule has 6 nitrogen and oxygen atoms in total. The first-order valence-corrected chi connectivity index (χ1v) is 11.3. The van der Waals surface area contributed by atoms with Crippen molar-refractivity contribution in [1.29, 1.82) is 0 Å². The van der Waals surface area contributed by atoms with E-state index < -0.39 is 0 Å². The van der Waals surface area contributed by atoms with E-state index in [2.05, 4.69) is 40.1 Å². The normalized spacial score (nSPS) is 17.5. The molecule has 1 fully saturated rings. The second-order valence-corrected chi connectivity index (χ2v) is 8.36. The number of ether oxygens (including phenoxy) is 2. The molecule has 2 heterocycles. The van der Waals surface area contributed by atoms with Crippen LogP contribution in [-0.4, -0.2) is 66.5 Å². The van der Waals surface area contributed by atoms with E-state index in [0.717, 1.165) is 63.9 Å². The molecule has 166 valence electrons. The summed E-state index contributed by atoms with van der Waals surface area (Å²) in [4.78, 5) is 18.3. The number of carbonyl (C=O) groups excluding carboxylic acids is 1. The molecule has 1 amide bonds. The molecule has 0 spiro atoms. The zero-order valence-corrected chi connectivity index (χ0v) is 18.7. The van der Waals surface area contributed by atoms with E-state index in [1.54, 1.807) is 6.92 Å². The molecule has 0 saturated carbocycles. The van der Waals surface area contributed by atoms with Crippen LogP contribution in [0.15, 0.2) is 42.5 Å². The molecule has 2 aromatic rings. The number of benzene rings is 2. The van der Waals surface area contributed by atoms with Crippen molar-refractivity contribution in [2.75, 3.05) is 45.9 Å². The molecule has 6 heteroatoms. The summed E-state index contributed by atoms with van der Waals surface area (Å²) in [6.07, 6.45) is 0. The van der Waals surface area contributed by atoms with Crippen LogP contribution in [0, 0.1) is 0 Å². The average molecular weight is 424 g/mol. The van der Waals surface area contributed by atoms with E-state index in [4.69, 9.17) is 9.47 Å². The highest BCUT2D eigenvalue weighted by Gasteiger charge is 2.20. The van der Waals surface area contributed by atoms with Crippen LogP contribution in [-0.2, 0) is 24.4 Å². The maximum absolute atomic E-state index is 11.5. The molecule has 31 heavy (non-hydrogen) atoms. The van der Waals surface area contributed by atoms with Crippen molar-refractivity contribution >= 4 is 5.91 Å². The van der Waals surface area contributed by atoms with Crippen LogP contribution in [0.2, 0.25) is 0 Å². The average Bonchev–Trinajstić information content (AvgIpc) is 2.97. The SMILES string of the molecule is CCOc1ccc(CN2CCOc3ccc(CN4CCN(C(C)=O)CC4)cc3C2)cc1. The van der Waals surface area contributed by atoms with Crippen LogP contribution in [0.3, 0.4) is 0 Å². The first kappa shape index (κ1) is 21.7. The maximum atomic E-state index is 11.5. The second-order valence-electron chi connectivity index (χ2n) is 8.36. The lowest BCUT2D eigenvalue weighted by atomic mass is 10.1. The summed E-state index contributed by atoms with van der Waals surface area (Å²) in [6.45, 7) is 12.1. The van der Waals surface area contributed by atoms with Crippen molar-refractivity contribution in [3.63, 3.8) is 0 Å². The molecule has 0 aromatic heterocycles. The monoisotopic (exact) mass is 423 g/mol. The van der Waals surface area contributed by atoms with Gasteiger partial charge in [0.2, 0.25) is 5.91 Å². The summed E-state index contributed by atoms with van der Waals surface area (Å²) < 4.78 is 11.6. The Morgan fingerprint density at radius 3 is 2.35 bits per heavy atom. The Balaban J connectivity index is 1.38. The molecule has 2 aromatic carbocycles. The van der Waals surface area contributed by atoms with Gasteiger partial charge < -0.3 is 14.4 Å².